The third kappa shape index (κ3) is 5.47. The molecule has 0 amide bonds. The van der Waals surface area contributed by atoms with Crippen LogP contribution in [0.4, 0.5) is 17.1 Å². The van der Waals surface area contributed by atoms with E-state index in [1.165, 1.54) is 33.0 Å². The van der Waals surface area contributed by atoms with Gasteiger partial charge in [0.25, 0.3) is 0 Å². The number of hydrogen-bond donors (Lipinski definition) is 0. The van der Waals surface area contributed by atoms with Crippen molar-refractivity contribution in [2.24, 2.45) is 0 Å². The molecule has 0 fully saturated rings. The quantitative estimate of drug-likeness (QED) is 0.175. The second kappa shape index (κ2) is 12.9. The first kappa shape index (κ1) is 30.7. The molecule has 1 heterocycles. The number of para-hydroxylation sites is 2. The fourth-order valence-electron chi connectivity index (χ4n) is 7.61. The van der Waals surface area contributed by atoms with Crippen molar-refractivity contribution in [3.05, 3.63) is 200 Å². The molecule has 0 unspecified atom stereocenters. The number of ether oxygens (including phenoxy) is 2. The average molecular weight is 680 g/mol. The second-order valence-corrected chi connectivity index (χ2v) is 13.3. The van der Waals surface area contributed by atoms with Crippen LogP contribution in [-0.4, -0.2) is 0 Å². The molecule has 3 nitrogen and oxygen atoms in total. The molecule has 0 aromatic heterocycles. The minimum Gasteiger partial charge on any atom is -0.453 e. The monoisotopic (exact) mass is 679 g/mol. The maximum Gasteiger partial charge on any atom is 0.177 e. The van der Waals surface area contributed by atoms with E-state index in [1.807, 2.05) is 36.4 Å². The Kier molecular flexibility index (Phi) is 7.47. The molecule has 0 atom stereocenters. The summed E-state index contributed by atoms with van der Waals surface area (Å²) < 4.78 is 13.4. The summed E-state index contributed by atoms with van der Waals surface area (Å²) in [7, 11) is 0. The Hall–Kier alpha value is -7.10. The molecule has 3 heteroatoms. The SMILES string of the molecule is c1ccc(-c2ccc(N(c3ccc(-c4cccc5ccccc45)cc3)c3ccccc3-c3cccc4c3Oc3cccc5cccc(c35)O4)cc2)cc1. The number of benzene rings is 9. The van der Waals surface area contributed by atoms with Crippen molar-refractivity contribution in [1.29, 1.82) is 0 Å². The van der Waals surface area contributed by atoms with E-state index in [4.69, 9.17) is 9.47 Å². The van der Waals surface area contributed by atoms with E-state index in [9.17, 15) is 0 Å². The average Bonchev–Trinajstić information content (AvgIpc) is 3.39. The van der Waals surface area contributed by atoms with E-state index < -0.39 is 0 Å². The lowest BCUT2D eigenvalue weighted by Gasteiger charge is -2.28. The molecule has 9 aromatic rings. The van der Waals surface area contributed by atoms with E-state index in [0.29, 0.717) is 11.5 Å². The molecule has 9 aromatic carbocycles. The molecule has 1 aliphatic rings. The third-order valence-electron chi connectivity index (χ3n) is 10.1. The number of rotatable bonds is 6. The predicted molar refractivity (Wildman–Crippen MR) is 219 cm³/mol. The van der Waals surface area contributed by atoms with Crippen LogP contribution in [0.25, 0.3) is 54.9 Å². The highest BCUT2D eigenvalue weighted by molar-refractivity contribution is 5.98. The highest BCUT2D eigenvalue weighted by atomic mass is 16.5. The Balaban J connectivity index is 1.12. The summed E-state index contributed by atoms with van der Waals surface area (Å²) in [5, 5.41) is 4.52. The van der Waals surface area contributed by atoms with Gasteiger partial charge in [-0.25, -0.2) is 0 Å². The van der Waals surface area contributed by atoms with Crippen LogP contribution >= 0.6 is 0 Å². The molecule has 10 rings (SSSR count). The van der Waals surface area contributed by atoms with Crippen LogP contribution in [0.1, 0.15) is 0 Å². The molecule has 250 valence electrons. The fraction of sp³-hybridized carbons (Fsp3) is 0. The van der Waals surface area contributed by atoms with Gasteiger partial charge in [-0.1, -0.05) is 152 Å². The van der Waals surface area contributed by atoms with E-state index in [-0.39, 0.29) is 0 Å². The van der Waals surface area contributed by atoms with Crippen molar-refractivity contribution in [3.63, 3.8) is 0 Å². The first-order valence-corrected chi connectivity index (χ1v) is 17.9. The van der Waals surface area contributed by atoms with E-state index in [0.717, 1.165) is 50.5 Å². The molecule has 1 aliphatic heterocycles. The van der Waals surface area contributed by atoms with Crippen molar-refractivity contribution < 1.29 is 9.47 Å². The van der Waals surface area contributed by atoms with Gasteiger partial charge in [0.2, 0.25) is 0 Å². The Labute approximate surface area is 308 Å². The van der Waals surface area contributed by atoms with Crippen LogP contribution in [-0.2, 0) is 0 Å². The Morgan fingerprint density at radius 1 is 0.321 bits per heavy atom. The smallest absolute Gasteiger partial charge is 0.177 e. The minimum absolute atomic E-state index is 0.680. The Morgan fingerprint density at radius 2 is 0.849 bits per heavy atom. The lowest BCUT2D eigenvalue weighted by molar-refractivity contribution is 0.441. The molecule has 0 bridgehead atoms. The first-order valence-electron chi connectivity index (χ1n) is 17.9. The van der Waals surface area contributed by atoms with Crippen molar-refractivity contribution in [2.45, 2.75) is 0 Å². The van der Waals surface area contributed by atoms with Gasteiger partial charge in [0.15, 0.2) is 11.5 Å². The van der Waals surface area contributed by atoms with Crippen molar-refractivity contribution >= 4 is 38.6 Å². The van der Waals surface area contributed by atoms with Gasteiger partial charge in [0.05, 0.1) is 11.1 Å². The molecule has 0 spiro atoms. The van der Waals surface area contributed by atoms with Gasteiger partial charge < -0.3 is 14.4 Å². The lowest BCUT2D eigenvalue weighted by atomic mass is 9.97. The molecule has 0 saturated carbocycles. The Bertz CT molecular complexity index is 2760. The van der Waals surface area contributed by atoms with Gasteiger partial charge in [-0.3, -0.25) is 0 Å². The zero-order valence-corrected chi connectivity index (χ0v) is 28.8. The van der Waals surface area contributed by atoms with E-state index in [2.05, 4.69) is 169 Å². The molecule has 53 heavy (non-hydrogen) atoms. The van der Waals surface area contributed by atoms with Crippen molar-refractivity contribution in [1.82, 2.24) is 0 Å². The molecule has 0 radical (unpaired) electrons. The van der Waals surface area contributed by atoms with Gasteiger partial charge >= 0.3 is 0 Å². The second-order valence-electron chi connectivity index (χ2n) is 13.3. The van der Waals surface area contributed by atoms with E-state index in [1.54, 1.807) is 0 Å². The van der Waals surface area contributed by atoms with Crippen LogP contribution in [0.15, 0.2) is 200 Å². The van der Waals surface area contributed by atoms with Crippen LogP contribution in [0.5, 0.6) is 23.0 Å². The summed E-state index contributed by atoms with van der Waals surface area (Å²) in [5.41, 5.74) is 9.83. The fourth-order valence-corrected chi connectivity index (χ4v) is 7.61. The summed E-state index contributed by atoms with van der Waals surface area (Å²) in [6.07, 6.45) is 0. The highest BCUT2D eigenvalue weighted by Gasteiger charge is 2.25. The van der Waals surface area contributed by atoms with Crippen molar-refractivity contribution in [2.75, 3.05) is 4.90 Å². The molecule has 0 saturated heterocycles. The predicted octanol–water partition coefficient (Wildman–Crippen LogP) is 14.4. The van der Waals surface area contributed by atoms with Crippen LogP contribution in [0.2, 0.25) is 0 Å². The van der Waals surface area contributed by atoms with Gasteiger partial charge in [0, 0.05) is 22.5 Å². The van der Waals surface area contributed by atoms with Gasteiger partial charge in [-0.2, -0.15) is 0 Å². The number of anilines is 3. The minimum atomic E-state index is 0.680. The third-order valence-corrected chi connectivity index (χ3v) is 10.1. The number of hydrogen-bond acceptors (Lipinski definition) is 3. The highest BCUT2D eigenvalue weighted by Crippen LogP contribution is 2.52. The van der Waals surface area contributed by atoms with Crippen LogP contribution < -0.4 is 14.4 Å². The summed E-state index contributed by atoms with van der Waals surface area (Å²) in [4.78, 5) is 2.34. The zero-order chi connectivity index (χ0) is 35.1. The normalized spacial score (nSPS) is 11.7. The summed E-state index contributed by atoms with van der Waals surface area (Å²) in [5.74, 6) is 2.93. The van der Waals surface area contributed by atoms with E-state index >= 15 is 0 Å². The van der Waals surface area contributed by atoms with Crippen molar-refractivity contribution in [3.8, 4) is 56.4 Å². The largest absolute Gasteiger partial charge is 0.453 e. The maximum atomic E-state index is 6.83. The van der Waals surface area contributed by atoms with Gasteiger partial charge in [-0.05, 0) is 86.9 Å². The molecule has 0 aliphatic carbocycles. The number of fused-ring (bicyclic) bond motifs is 2. The maximum absolute atomic E-state index is 6.83. The summed E-state index contributed by atoms with van der Waals surface area (Å²) in [6, 6.07) is 70.3. The van der Waals surface area contributed by atoms with Crippen LogP contribution in [0, 0.1) is 0 Å². The zero-order valence-electron chi connectivity index (χ0n) is 28.8. The first-order chi connectivity index (χ1) is 26.3. The molecular weight excluding hydrogens is 647 g/mol. The van der Waals surface area contributed by atoms with Gasteiger partial charge in [0.1, 0.15) is 11.5 Å². The molecule has 0 N–H and O–H groups in total. The summed E-state index contributed by atoms with van der Waals surface area (Å²) in [6.45, 7) is 0. The van der Waals surface area contributed by atoms with Crippen LogP contribution in [0.3, 0.4) is 0 Å². The topological polar surface area (TPSA) is 21.7 Å². The lowest BCUT2D eigenvalue weighted by Crippen LogP contribution is -2.11. The van der Waals surface area contributed by atoms with Gasteiger partial charge in [-0.15, -0.1) is 0 Å². The summed E-state index contributed by atoms with van der Waals surface area (Å²) >= 11 is 0. The molecular formula is C50H33NO2. The number of nitrogens with zero attached hydrogens (tertiary/aromatic N) is 1. The Morgan fingerprint density at radius 3 is 1.64 bits per heavy atom. The standard InChI is InChI=1S/C50H33NO2/c1-2-12-34(13-3-1)35-26-30-39(31-27-35)51(40-32-28-37(29-33-40)42-20-8-15-36-14-4-5-18-41(36)42)45-22-7-6-19-43(45)44-21-11-25-48-50(44)53-47-24-10-17-38-16-9-23-46(52-48)49(38)47/h1-33H.